The van der Waals surface area contributed by atoms with E-state index in [1.807, 2.05) is 36.1 Å². The fraction of sp³-hybridized carbons (Fsp3) is 0.318. The minimum atomic E-state index is -0.280. The lowest BCUT2D eigenvalue weighted by atomic mass is 10.0. The summed E-state index contributed by atoms with van der Waals surface area (Å²) in [6.07, 6.45) is 1.47. The van der Waals surface area contributed by atoms with Crippen LogP contribution in [-0.2, 0) is 4.79 Å². The van der Waals surface area contributed by atoms with Crippen molar-refractivity contribution in [1.82, 2.24) is 4.90 Å². The molecule has 2 saturated heterocycles. The number of rotatable bonds is 2. The highest BCUT2D eigenvalue weighted by molar-refractivity contribution is 8.02. The molecule has 29 heavy (non-hydrogen) atoms. The Hall–Kier alpha value is -2.98. The normalized spacial score (nSPS) is 18.0. The maximum atomic E-state index is 12.6. The first-order valence-corrected chi connectivity index (χ1v) is 10.6. The van der Waals surface area contributed by atoms with E-state index in [0.29, 0.717) is 30.1 Å². The molecule has 2 heterocycles. The van der Waals surface area contributed by atoms with E-state index in [9.17, 15) is 9.59 Å². The van der Waals surface area contributed by atoms with Gasteiger partial charge < -0.3 is 10.2 Å². The van der Waals surface area contributed by atoms with Crippen LogP contribution in [0.4, 0.5) is 16.2 Å². The van der Waals surface area contributed by atoms with Crippen LogP contribution in [-0.4, -0.2) is 40.6 Å². The van der Waals surface area contributed by atoms with Crippen molar-refractivity contribution in [2.24, 2.45) is 0 Å². The van der Waals surface area contributed by atoms with E-state index < -0.39 is 0 Å². The molecule has 0 bridgehead atoms. The van der Waals surface area contributed by atoms with Gasteiger partial charge in [-0.15, -0.1) is 11.8 Å². The number of urea groups is 1. The number of nitrogens with one attached hydrogen (secondary N) is 1. The molecule has 3 amide bonds. The molecule has 7 heteroatoms. The number of hydrogen-bond donors (Lipinski definition) is 1. The predicted molar refractivity (Wildman–Crippen MR) is 115 cm³/mol. The first-order chi connectivity index (χ1) is 14.0. The average molecular weight is 407 g/mol. The smallest absolute Gasteiger partial charge is 0.321 e. The van der Waals surface area contributed by atoms with Crippen LogP contribution >= 0.6 is 11.8 Å². The molecule has 0 radical (unpaired) electrons. The summed E-state index contributed by atoms with van der Waals surface area (Å²) < 4.78 is 0. The van der Waals surface area contributed by atoms with Crippen LogP contribution in [0.5, 0.6) is 0 Å². The number of aryl methyl sites for hydroxylation is 1. The lowest BCUT2D eigenvalue weighted by molar-refractivity contribution is -0.116. The molecule has 2 aliphatic rings. The number of nitriles is 1. The molecule has 6 nitrogen and oxygen atoms in total. The van der Waals surface area contributed by atoms with E-state index in [4.69, 9.17) is 5.26 Å². The molecule has 2 aromatic carbocycles. The molecule has 1 spiro atoms. The van der Waals surface area contributed by atoms with Crippen molar-refractivity contribution < 1.29 is 9.59 Å². The number of piperidine rings is 1. The number of carbonyl (C=O) groups excluding carboxylic acids is 2. The summed E-state index contributed by atoms with van der Waals surface area (Å²) >= 11 is 1.69. The van der Waals surface area contributed by atoms with E-state index >= 15 is 0 Å². The van der Waals surface area contributed by atoms with Crippen LogP contribution in [0.15, 0.2) is 48.5 Å². The molecule has 1 N–H and O–H groups in total. The molecule has 0 saturated carbocycles. The predicted octanol–water partition coefficient (Wildman–Crippen LogP) is 3.97. The van der Waals surface area contributed by atoms with Crippen molar-refractivity contribution in [3.63, 3.8) is 0 Å². The highest BCUT2D eigenvalue weighted by Gasteiger charge is 2.49. The highest BCUT2D eigenvalue weighted by Crippen LogP contribution is 2.46. The summed E-state index contributed by atoms with van der Waals surface area (Å²) in [5, 5.41) is 11.8. The van der Waals surface area contributed by atoms with Gasteiger partial charge in [0.1, 0.15) is 0 Å². The maximum absolute atomic E-state index is 12.6. The molecule has 2 aliphatic heterocycles. The number of likely N-dealkylation sites (tertiary alicyclic amines) is 1. The van der Waals surface area contributed by atoms with Crippen molar-refractivity contribution in [2.45, 2.75) is 24.6 Å². The van der Waals surface area contributed by atoms with Gasteiger partial charge in [0.2, 0.25) is 5.91 Å². The summed E-state index contributed by atoms with van der Waals surface area (Å²) in [6, 6.07) is 16.8. The molecule has 0 atom stereocenters. The lowest BCUT2D eigenvalue weighted by Gasteiger charge is -2.43. The van der Waals surface area contributed by atoms with Crippen molar-refractivity contribution >= 4 is 35.1 Å². The largest absolute Gasteiger partial charge is 0.324 e. The summed E-state index contributed by atoms with van der Waals surface area (Å²) in [7, 11) is 0. The quantitative estimate of drug-likeness (QED) is 0.819. The topological polar surface area (TPSA) is 76.4 Å². The molecule has 2 aromatic rings. The third-order valence-electron chi connectivity index (χ3n) is 5.51. The Morgan fingerprint density at radius 3 is 2.38 bits per heavy atom. The zero-order valence-corrected chi connectivity index (χ0v) is 17.0. The molecule has 0 aliphatic carbocycles. The van der Waals surface area contributed by atoms with Gasteiger partial charge in [-0.25, -0.2) is 4.79 Å². The van der Waals surface area contributed by atoms with Gasteiger partial charge in [-0.2, -0.15) is 5.26 Å². The van der Waals surface area contributed by atoms with Crippen LogP contribution in [0.2, 0.25) is 0 Å². The van der Waals surface area contributed by atoms with E-state index in [0.717, 1.165) is 24.1 Å². The monoisotopic (exact) mass is 406 g/mol. The first-order valence-electron chi connectivity index (χ1n) is 9.60. The standard InChI is InChI=1S/C22H22N4O2S/c1-16-2-8-19(9-3-16)26-20(27)15-29-22(26)10-12-25(13-11-22)21(28)24-18-6-4-17(14-23)5-7-18/h2-9H,10-13,15H2,1H3,(H,24,28). The van der Waals surface area contributed by atoms with Gasteiger partial charge in [0, 0.05) is 24.5 Å². The van der Waals surface area contributed by atoms with Crippen LogP contribution in [0.25, 0.3) is 0 Å². The second-order valence-electron chi connectivity index (χ2n) is 7.41. The SMILES string of the molecule is Cc1ccc(N2C(=O)CSC23CCN(C(=O)Nc2ccc(C#N)cc2)CC3)cc1. The van der Waals surface area contributed by atoms with Gasteiger partial charge >= 0.3 is 6.03 Å². The molecule has 0 unspecified atom stereocenters. The third kappa shape index (κ3) is 3.81. The zero-order valence-electron chi connectivity index (χ0n) is 16.2. The van der Waals surface area contributed by atoms with Crippen molar-refractivity contribution in [3.8, 4) is 6.07 Å². The fourth-order valence-electron chi connectivity index (χ4n) is 3.88. The maximum Gasteiger partial charge on any atom is 0.321 e. The van der Waals surface area contributed by atoms with Crippen LogP contribution < -0.4 is 10.2 Å². The van der Waals surface area contributed by atoms with Gasteiger partial charge in [0.05, 0.1) is 22.3 Å². The number of thioether (sulfide) groups is 1. The molecule has 148 valence electrons. The Kier molecular flexibility index (Phi) is 5.20. The van der Waals surface area contributed by atoms with E-state index in [1.165, 1.54) is 0 Å². The van der Waals surface area contributed by atoms with Crippen LogP contribution in [0.1, 0.15) is 24.0 Å². The third-order valence-corrected chi connectivity index (χ3v) is 7.03. The zero-order chi connectivity index (χ0) is 20.4. The second kappa shape index (κ2) is 7.80. The molecule has 4 rings (SSSR count). The van der Waals surface area contributed by atoms with Crippen molar-refractivity contribution in [3.05, 3.63) is 59.7 Å². The Labute approximate surface area is 174 Å². The van der Waals surface area contributed by atoms with Gasteiger partial charge in [0.15, 0.2) is 0 Å². The summed E-state index contributed by atoms with van der Waals surface area (Å²) in [4.78, 5) is 28.7. The summed E-state index contributed by atoms with van der Waals surface area (Å²) in [5.41, 5.74) is 3.32. The first kappa shape index (κ1) is 19.3. The van der Waals surface area contributed by atoms with Gasteiger partial charge in [-0.3, -0.25) is 9.69 Å². The highest BCUT2D eigenvalue weighted by atomic mass is 32.2. The number of amides is 3. The number of carbonyl (C=O) groups is 2. The number of nitrogens with zero attached hydrogens (tertiary/aromatic N) is 3. The molecule has 0 aromatic heterocycles. The Morgan fingerprint density at radius 1 is 1.10 bits per heavy atom. The van der Waals surface area contributed by atoms with E-state index in [2.05, 4.69) is 11.4 Å². The lowest BCUT2D eigenvalue weighted by Crippen LogP contribution is -2.53. The summed E-state index contributed by atoms with van der Waals surface area (Å²) in [5.74, 6) is 0.611. The average Bonchev–Trinajstić information content (AvgIpc) is 3.05. The van der Waals surface area contributed by atoms with E-state index in [1.54, 1.807) is 40.9 Å². The Morgan fingerprint density at radius 2 is 1.76 bits per heavy atom. The minimum absolute atomic E-state index is 0.134. The van der Waals surface area contributed by atoms with Crippen LogP contribution in [0, 0.1) is 18.3 Å². The second-order valence-corrected chi connectivity index (χ2v) is 8.74. The molecular formula is C22H22N4O2S. The molecule has 2 fully saturated rings. The van der Waals surface area contributed by atoms with Gasteiger partial charge in [0.25, 0.3) is 0 Å². The molecular weight excluding hydrogens is 384 g/mol. The fourth-order valence-corrected chi connectivity index (χ4v) is 5.21. The van der Waals surface area contributed by atoms with Gasteiger partial charge in [-0.1, -0.05) is 17.7 Å². The van der Waals surface area contributed by atoms with Gasteiger partial charge in [-0.05, 0) is 56.2 Å². The van der Waals surface area contributed by atoms with Crippen molar-refractivity contribution in [1.29, 1.82) is 5.26 Å². The number of anilines is 2. The number of hydrogen-bond acceptors (Lipinski definition) is 4. The van der Waals surface area contributed by atoms with Crippen molar-refractivity contribution in [2.75, 3.05) is 29.1 Å². The Bertz CT molecular complexity index is 958. The van der Waals surface area contributed by atoms with Crippen LogP contribution in [0.3, 0.4) is 0 Å². The number of benzene rings is 2. The summed E-state index contributed by atoms with van der Waals surface area (Å²) in [6.45, 7) is 3.21. The Balaban J connectivity index is 1.43. The minimum Gasteiger partial charge on any atom is -0.324 e. The van der Waals surface area contributed by atoms with E-state index in [-0.39, 0.29) is 16.8 Å².